The molecule has 0 fully saturated rings. The van der Waals surface area contributed by atoms with E-state index in [4.69, 9.17) is 20.0 Å². The molecule has 72 heavy (non-hydrogen) atoms. The zero-order valence-electron chi connectivity index (χ0n) is 40.7. The van der Waals surface area contributed by atoms with E-state index in [-0.39, 0.29) is 5.97 Å². The van der Waals surface area contributed by atoms with Crippen molar-refractivity contribution < 1.29 is 9.53 Å². The zero-order chi connectivity index (χ0) is 49.2. The number of benzene rings is 8. The van der Waals surface area contributed by atoms with Gasteiger partial charge in [0, 0.05) is 24.7 Å². The van der Waals surface area contributed by atoms with Crippen molar-refractivity contribution in [2.75, 3.05) is 13.7 Å². The fraction of sp³-hybridized carbons (Fsp3) is 0.159. The van der Waals surface area contributed by atoms with E-state index in [2.05, 4.69) is 216 Å². The standard InChI is InChI=1S/C63H57N7O2/c1-3-4-43-68(59(61(71)72-2)44-56-46-69(47-64-56)62(50-25-11-5-12-26-50,51-27-13-6-14-28-51)52-29-15-7-16-30-52)45-48-39-41-49(42-40-48)57-37-23-24-38-58(57)60-65-66-67-70(60)63(53-31-17-8-18-32-53,54-33-19-9-20-34-54)55-35-21-10-22-36-55/h5-42,46-47,59H,3-4,43-45H2,1-2H3/t59-/m0/s1. The van der Waals surface area contributed by atoms with Gasteiger partial charge in [-0.25, -0.2) is 9.67 Å². The molecule has 10 rings (SSSR count). The van der Waals surface area contributed by atoms with Crippen molar-refractivity contribution in [1.82, 2.24) is 34.7 Å². The molecule has 0 bridgehead atoms. The largest absolute Gasteiger partial charge is 0.468 e. The number of hydrogen-bond donors (Lipinski definition) is 0. The summed E-state index contributed by atoms with van der Waals surface area (Å²) in [6.07, 6.45) is 6.27. The molecule has 10 aromatic rings. The van der Waals surface area contributed by atoms with Gasteiger partial charge in [-0.15, -0.1) is 5.10 Å². The third-order valence-corrected chi connectivity index (χ3v) is 13.9. The fourth-order valence-corrected chi connectivity index (χ4v) is 10.5. The van der Waals surface area contributed by atoms with Gasteiger partial charge in [-0.2, -0.15) is 0 Å². The predicted octanol–water partition coefficient (Wildman–Crippen LogP) is 12.3. The van der Waals surface area contributed by atoms with Gasteiger partial charge in [0.15, 0.2) is 5.82 Å². The number of methoxy groups -OCH3 is 1. The Morgan fingerprint density at radius 2 is 1.01 bits per heavy atom. The summed E-state index contributed by atoms with van der Waals surface area (Å²) in [6, 6.07) is 79.4. The molecule has 9 nitrogen and oxygen atoms in total. The van der Waals surface area contributed by atoms with Crippen LogP contribution in [-0.4, -0.2) is 60.3 Å². The predicted molar refractivity (Wildman–Crippen MR) is 285 cm³/mol. The maximum absolute atomic E-state index is 14.0. The van der Waals surface area contributed by atoms with E-state index in [9.17, 15) is 4.79 Å². The lowest BCUT2D eigenvalue weighted by molar-refractivity contribution is -0.147. The lowest BCUT2D eigenvalue weighted by atomic mass is 9.77. The first-order valence-electron chi connectivity index (χ1n) is 24.7. The smallest absolute Gasteiger partial charge is 0.323 e. The minimum absolute atomic E-state index is 0.290. The number of carbonyl (C=O) groups excluding carboxylic acids is 1. The molecule has 0 amide bonds. The Kier molecular flexibility index (Phi) is 14.2. The van der Waals surface area contributed by atoms with Gasteiger partial charge in [-0.1, -0.05) is 244 Å². The first-order chi connectivity index (χ1) is 35.5. The van der Waals surface area contributed by atoms with Crippen molar-refractivity contribution in [3.63, 3.8) is 0 Å². The van der Waals surface area contributed by atoms with E-state index < -0.39 is 17.1 Å². The molecule has 0 saturated carbocycles. The van der Waals surface area contributed by atoms with Crippen LogP contribution in [-0.2, 0) is 33.6 Å². The lowest BCUT2D eigenvalue weighted by Crippen LogP contribution is -2.43. The monoisotopic (exact) mass is 943 g/mol. The Bertz CT molecular complexity index is 3100. The van der Waals surface area contributed by atoms with Gasteiger partial charge in [0.1, 0.15) is 17.1 Å². The molecule has 8 aromatic carbocycles. The summed E-state index contributed by atoms with van der Waals surface area (Å²) in [7, 11) is 1.48. The van der Waals surface area contributed by atoms with Crippen LogP contribution in [0.3, 0.4) is 0 Å². The molecule has 356 valence electrons. The molecule has 0 spiro atoms. The van der Waals surface area contributed by atoms with E-state index in [1.54, 1.807) is 0 Å². The maximum atomic E-state index is 14.0. The molecule has 1 atom stereocenters. The topological polar surface area (TPSA) is 91.0 Å². The summed E-state index contributed by atoms with van der Waals surface area (Å²) in [5, 5.41) is 14.0. The lowest BCUT2D eigenvalue weighted by Gasteiger charge is -2.37. The number of carbonyl (C=O) groups is 1. The quantitative estimate of drug-likeness (QED) is 0.0589. The molecule has 0 radical (unpaired) electrons. The van der Waals surface area contributed by atoms with E-state index >= 15 is 0 Å². The Morgan fingerprint density at radius 1 is 0.569 bits per heavy atom. The summed E-state index contributed by atoms with van der Waals surface area (Å²) in [5.41, 5.74) is 9.55. The highest BCUT2D eigenvalue weighted by atomic mass is 16.5. The first-order valence-corrected chi connectivity index (χ1v) is 24.7. The van der Waals surface area contributed by atoms with Crippen LogP contribution >= 0.6 is 0 Å². The van der Waals surface area contributed by atoms with Crippen LogP contribution < -0.4 is 0 Å². The summed E-state index contributed by atoms with van der Waals surface area (Å²) >= 11 is 0. The van der Waals surface area contributed by atoms with Crippen molar-refractivity contribution in [3.05, 3.63) is 288 Å². The fourth-order valence-electron chi connectivity index (χ4n) is 10.5. The summed E-state index contributed by atoms with van der Waals surface area (Å²) in [4.78, 5) is 21.3. The molecule has 0 saturated heterocycles. The molecule has 0 aliphatic carbocycles. The van der Waals surface area contributed by atoms with E-state index in [1.807, 2.05) is 53.5 Å². The molecular formula is C63H57N7O2. The number of ether oxygens (including phenoxy) is 1. The second-order valence-electron chi connectivity index (χ2n) is 18.1. The molecular weight excluding hydrogens is 887 g/mol. The third-order valence-electron chi connectivity index (χ3n) is 13.9. The van der Waals surface area contributed by atoms with Gasteiger partial charge in [-0.3, -0.25) is 9.69 Å². The molecule has 0 N–H and O–H groups in total. The first kappa shape index (κ1) is 47.2. The number of esters is 1. The van der Waals surface area contributed by atoms with Gasteiger partial charge in [0.05, 0.1) is 19.1 Å². The zero-order valence-corrected chi connectivity index (χ0v) is 40.7. The maximum Gasteiger partial charge on any atom is 0.323 e. The minimum Gasteiger partial charge on any atom is -0.468 e. The Morgan fingerprint density at radius 3 is 1.47 bits per heavy atom. The average molecular weight is 944 g/mol. The molecule has 0 aliphatic rings. The summed E-state index contributed by atoms with van der Waals surface area (Å²) < 4.78 is 9.76. The van der Waals surface area contributed by atoms with Gasteiger partial charge < -0.3 is 9.30 Å². The summed E-state index contributed by atoms with van der Waals surface area (Å²) in [6.45, 7) is 3.42. The highest BCUT2D eigenvalue weighted by Gasteiger charge is 2.43. The molecule has 2 aromatic heterocycles. The minimum atomic E-state index is -0.898. The van der Waals surface area contributed by atoms with E-state index in [0.717, 1.165) is 74.2 Å². The molecule has 9 heteroatoms. The molecule has 2 heterocycles. The van der Waals surface area contributed by atoms with Crippen LogP contribution in [0.15, 0.2) is 243 Å². The van der Waals surface area contributed by atoms with Crippen molar-refractivity contribution in [2.45, 2.75) is 49.9 Å². The second kappa shape index (κ2) is 21.6. The number of tetrazole rings is 1. The second-order valence-corrected chi connectivity index (χ2v) is 18.1. The Hall–Kier alpha value is -8.53. The normalized spacial score (nSPS) is 12.2. The van der Waals surface area contributed by atoms with Gasteiger partial charge >= 0.3 is 5.97 Å². The van der Waals surface area contributed by atoms with Gasteiger partial charge in [-0.05, 0) is 73.5 Å². The highest BCUT2D eigenvalue weighted by Crippen LogP contribution is 2.44. The third kappa shape index (κ3) is 9.06. The molecule has 0 aliphatic heterocycles. The number of rotatable bonds is 19. The van der Waals surface area contributed by atoms with E-state index in [1.165, 1.54) is 7.11 Å². The van der Waals surface area contributed by atoms with Crippen LogP contribution in [0.4, 0.5) is 0 Å². The molecule has 0 unspecified atom stereocenters. The van der Waals surface area contributed by atoms with Gasteiger partial charge in [0.25, 0.3) is 0 Å². The number of nitrogens with zero attached hydrogens (tertiary/aromatic N) is 7. The summed E-state index contributed by atoms with van der Waals surface area (Å²) in [5.74, 6) is 0.343. The van der Waals surface area contributed by atoms with Crippen LogP contribution in [0, 0.1) is 0 Å². The van der Waals surface area contributed by atoms with Crippen LogP contribution in [0.25, 0.3) is 22.5 Å². The number of hydrogen-bond acceptors (Lipinski definition) is 7. The Balaban J connectivity index is 0.985. The Labute approximate surface area is 422 Å². The van der Waals surface area contributed by atoms with Crippen molar-refractivity contribution in [2.24, 2.45) is 0 Å². The number of imidazole rings is 1. The van der Waals surface area contributed by atoms with Gasteiger partial charge in [0.2, 0.25) is 0 Å². The average Bonchev–Trinajstić information content (AvgIpc) is 4.15. The van der Waals surface area contributed by atoms with Crippen molar-refractivity contribution >= 4 is 5.97 Å². The van der Waals surface area contributed by atoms with Crippen LogP contribution in [0.5, 0.6) is 0 Å². The number of unbranched alkanes of at least 4 members (excludes halogenated alkanes) is 1. The number of aromatic nitrogens is 6. The van der Waals surface area contributed by atoms with Crippen LogP contribution in [0.1, 0.15) is 64.4 Å². The van der Waals surface area contributed by atoms with Crippen molar-refractivity contribution in [3.8, 4) is 22.5 Å². The highest BCUT2D eigenvalue weighted by molar-refractivity contribution is 5.81. The van der Waals surface area contributed by atoms with E-state index in [0.29, 0.717) is 25.3 Å². The van der Waals surface area contributed by atoms with Crippen LogP contribution in [0.2, 0.25) is 0 Å². The SMILES string of the molecule is CCCCN(Cc1ccc(-c2ccccc2-c2nnnn2C(c2ccccc2)(c2ccccc2)c2ccccc2)cc1)[C@@H](Cc1cn(C(c2ccccc2)(c2ccccc2)c2ccccc2)cn1)C(=O)OC. The van der Waals surface area contributed by atoms with Crippen molar-refractivity contribution in [1.29, 1.82) is 0 Å².